The van der Waals surface area contributed by atoms with Gasteiger partial charge in [-0.2, -0.15) is 0 Å². The van der Waals surface area contributed by atoms with Crippen LogP contribution < -0.4 is 10.2 Å². The smallest absolute Gasteiger partial charge is 0.303 e. The van der Waals surface area contributed by atoms with Crippen LogP contribution in [0.15, 0.2) is 46.9 Å². The molecule has 1 aliphatic heterocycles. The molecule has 1 amide bonds. The van der Waals surface area contributed by atoms with Crippen molar-refractivity contribution in [2.45, 2.75) is 38.5 Å². The molecule has 2 aromatic carbocycles. The number of rotatable bonds is 8. The molecule has 2 N–H and O–H groups in total. The third-order valence-corrected chi connectivity index (χ3v) is 7.20. The highest BCUT2D eigenvalue weighted by Gasteiger charge is 2.24. The van der Waals surface area contributed by atoms with Gasteiger partial charge in [-0.1, -0.05) is 45.7 Å². The number of hydrogen-bond donors (Lipinski definition) is 2. The molecule has 0 spiro atoms. The molecule has 1 saturated heterocycles. The number of pyridine rings is 1. The normalized spacial score (nSPS) is 14.0. The largest absolute Gasteiger partial charge is 0.481 e. The van der Waals surface area contributed by atoms with Gasteiger partial charge in [0.2, 0.25) is 0 Å². The van der Waals surface area contributed by atoms with E-state index < -0.39 is 5.97 Å². The van der Waals surface area contributed by atoms with E-state index in [4.69, 9.17) is 16.6 Å². The Labute approximate surface area is 224 Å². The lowest BCUT2D eigenvalue weighted by Gasteiger charge is -2.23. The molecule has 1 unspecified atom stereocenters. The van der Waals surface area contributed by atoms with Crippen molar-refractivity contribution in [3.05, 3.63) is 68.7 Å². The summed E-state index contributed by atoms with van der Waals surface area (Å²) in [6.07, 6.45) is 2.60. The second-order valence-electron chi connectivity index (χ2n) is 8.65. The predicted molar refractivity (Wildman–Crippen MR) is 146 cm³/mol. The van der Waals surface area contributed by atoms with Gasteiger partial charge in [-0.3, -0.25) is 9.59 Å². The number of anilines is 1. The predicted octanol–water partition coefficient (Wildman–Crippen LogP) is 6.36. The number of carboxylic acids is 1. The van der Waals surface area contributed by atoms with Crippen LogP contribution in [0, 0.1) is 6.92 Å². The number of nitrogens with one attached hydrogen (secondary N) is 1. The van der Waals surface area contributed by atoms with Crippen molar-refractivity contribution in [2.75, 3.05) is 24.5 Å². The molecular formula is C26H28BrCl2N3O3. The van der Waals surface area contributed by atoms with Crippen LogP contribution in [0.5, 0.6) is 0 Å². The molecule has 186 valence electrons. The monoisotopic (exact) mass is 579 g/mol. The summed E-state index contributed by atoms with van der Waals surface area (Å²) in [6.45, 7) is 4.10. The maximum Gasteiger partial charge on any atom is 0.303 e. The average molecular weight is 581 g/mol. The molecule has 0 bridgehead atoms. The standard InChI is InChI=1S/C26H27BrClN3O3.ClH/c1-16-24(20-14-18(27)9-10-22(20)30-25(16)31-12-4-5-13-31)26(34)29-15-17(8-11-23(32)33)19-6-2-3-7-21(19)28;/h2-3,6-7,9-10,14,17H,4-5,8,11-13,15H2,1H3,(H,29,34)(H,32,33);1H. The van der Waals surface area contributed by atoms with Gasteiger partial charge < -0.3 is 15.3 Å². The first-order valence-electron chi connectivity index (χ1n) is 11.4. The molecule has 1 atom stereocenters. The zero-order valence-electron chi connectivity index (χ0n) is 19.4. The first-order chi connectivity index (χ1) is 16.3. The summed E-state index contributed by atoms with van der Waals surface area (Å²) in [5.74, 6) is -0.437. The van der Waals surface area contributed by atoms with Gasteiger partial charge in [-0.05, 0) is 56.0 Å². The summed E-state index contributed by atoms with van der Waals surface area (Å²) in [5, 5.41) is 13.6. The number of carbonyl (C=O) groups excluding carboxylic acids is 1. The lowest BCUT2D eigenvalue weighted by molar-refractivity contribution is -0.137. The number of aromatic nitrogens is 1. The van der Waals surface area contributed by atoms with Gasteiger partial charge in [0, 0.05) is 52.4 Å². The van der Waals surface area contributed by atoms with Gasteiger partial charge in [0.15, 0.2) is 0 Å². The second kappa shape index (κ2) is 12.1. The van der Waals surface area contributed by atoms with Crippen LogP contribution in [0.2, 0.25) is 5.02 Å². The number of amides is 1. The molecule has 9 heteroatoms. The fourth-order valence-corrected chi connectivity index (χ4v) is 5.27. The maximum absolute atomic E-state index is 13.6. The topological polar surface area (TPSA) is 82.5 Å². The average Bonchev–Trinajstić information content (AvgIpc) is 3.34. The third kappa shape index (κ3) is 6.26. The van der Waals surface area contributed by atoms with Gasteiger partial charge >= 0.3 is 5.97 Å². The van der Waals surface area contributed by atoms with Gasteiger partial charge in [0.1, 0.15) is 5.82 Å². The van der Waals surface area contributed by atoms with Crippen LogP contribution in [0.1, 0.15) is 53.1 Å². The number of nitrogens with zero attached hydrogens (tertiary/aromatic N) is 2. The number of carbonyl (C=O) groups is 2. The molecule has 3 aromatic rings. The Balaban J connectivity index is 0.00000342. The number of aliphatic carboxylic acids is 1. The van der Waals surface area contributed by atoms with Crippen LogP contribution in [-0.2, 0) is 4.79 Å². The van der Waals surface area contributed by atoms with E-state index in [2.05, 4.69) is 26.1 Å². The molecule has 4 rings (SSSR count). The number of hydrogen-bond acceptors (Lipinski definition) is 4. The number of carboxylic acid groups (broad SMARTS) is 1. The van der Waals surface area contributed by atoms with Gasteiger partial charge in [0.25, 0.3) is 5.91 Å². The SMILES string of the molecule is Cc1c(N2CCCC2)nc2ccc(Br)cc2c1C(=O)NCC(CCC(=O)O)c1ccccc1Cl.Cl. The first-order valence-corrected chi connectivity index (χ1v) is 12.6. The quantitative estimate of drug-likeness (QED) is 0.324. The molecule has 0 saturated carbocycles. The Bertz CT molecular complexity index is 1230. The summed E-state index contributed by atoms with van der Waals surface area (Å²) in [6, 6.07) is 13.2. The molecule has 1 aliphatic rings. The van der Waals surface area contributed by atoms with E-state index in [1.165, 1.54) is 0 Å². The van der Waals surface area contributed by atoms with Crippen LogP contribution in [0.4, 0.5) is 5.82 Å². The van der Waals surface area contributed by atoms with Crippen molar-refractivity contribution in [3.63, 3.8) is 0 Å². The Morgan fingerprint density at radius 2 is 1.91 bits per heavy atom. The molecule has 6 nitrogen and oxygen atoms in total. The second-order valence-corrected chi connectivity index (χ2v) is 9.97. The van der Waals surface area contributed by atoms with Crippen LogP contribution in [0.3, 0.4) is 0 Å². The molecule has 0 radical (unpaired) electrons. The Morgan fingerprint density at radius 1 is 1.20 bits per heavy atom. The zero-order valence-corrected chi connectivity index (χ0v) is 22.5. The Kier molecular flexibility index (Phi) is 9.39. The minimum Gasteiger partial charge on any atom is -0.481 e. The highest BCUT2D eigenvalue weighted by Crippen LogP contribution is 2.32. The van der Waals surface area contributed by atoms with E-state index >= 15 is 0 Å². The molecule has 2 heterocycles. The van der Waals surface area contributed by atoms with Gasteiger partial charge in [0.05, 0.1) is 11.1 Å². The zero-order chi connectivity index (χ0) is 24.2. The lowest BCUT2D eigenvalue weighted by Crippen LogP contribution is -2.30. The minimum atomic E-state index is -0.876. The van der Waals surface area contributed by atoms with Crippen molar-refractivity contribution in [2.24, 2.45) is 0 Å². The van der Waals surface area contributed by atoms with Gasteiger partial charge in [-0.25, -0.2) is 4.98 Å². The van der Waals surface area contributed by atoms with E-state index in [1.54, 1.807) is 6.07 Å². The third-order valence-electron chi connectivity index (χ3n) is 6.36. The lowest BCUT2D eigenvalue weighted by atomic mass is 9.93. The molecule has 35 heavy (non-hydrogen) atoms. The minimum absolute atomic E-state index is 0. The van der Waals surface area contributed by atoms with E-state index in [0.29, 0.717) is 17.0 Å². The number of fused-ring (bicyclic) bond motifs is 1. The Hall–Kier alpha value is -2.35. The van der Waals surface area contributed by atoms with E-state index in [9.17, 15) is 14.7 Å². The molecule has 0 aliphatic carbocycles. The van der Waals surface area contributed by atoms with Crippen molar-refractivity contribution in [1.29, 1.82) is 0 Å². The van der Waals surface area contributed by atoms with Crippen molar-refractivity contribution < 1.29 is 14.7 Å². The van der Waals surface area contributed by atoms with Crippen molar-refractivity contribution >= 4 is 68.5 Å². The summed E-state index contributed by atoms with van der Waals surface area (Å²) < 4.78 is 0.875. The van der Waals surface area contributed by atoms with Crippen molar-refractivity contribution in [3.8, 4) is 0 Å². The molecular weight excluding hydrogens is 553 g/mol. The van der Waals surface area contributed by atoms with E-state index in [1.807, 2.05) is 43.3 Å². The van der Waals surface area contributed by atoms with Crippen LogP contribution in [0.25, 0.3) is 10.9 Å². The number of halogens is 3. The van der Waals surface area contributed by atoms with E-state index in [-0.39, 0.29) is 37.2 Å². The highest BCUT2D eigenvalue weighted by atomic mass is 79.9. The van der Waals surface area contributed by atoms with Crippen molar-refractivity contribution in [1.82, 2.24) is 10.3 Å². The van der Waals surface area contributed by atoms with Crippen LogP contribution >= 0.6 is 39.9 Å². The molecule has 1 aromatic heterocycles. The fourth-order valence-electron chi connectivity index (χ4n) is 4.62. The highest BCUT2D eigenvalue weighted by molar-refractivity contribution is 9.10. The van der Waals surface area contributed by atoms with E-state index in [0.717, 1.165) is 58.3 Å². The Morgan fingerprint density at radius 3 is 2.60 bits per heavy atom. The summed E-state index contributed by atoms with van der Waals surface area (Å²) in [4.78, 5) is 32.0. The molecule has 1 fully saturated rings. The summed E-state index contributed by atoms with van der Waals surface area (Å²) in [5.41, 5.74) is 3.06. The van der Waals surface area contributed by atoms with Crippen LogP contribution in [-0.4, -0.2) is 41.6 Å². The first kappa shape index (κ1) is 27.2. The fraction of sp³-hybridized carbons (Fsp3) is 0.346. The number of benzene rings is 2. The summed E-state index contributed by atoms with van der Waals surface area (Å²) in [7, 11) is 0. The maximum atomic E-state index is 13.6. The summed E-state index contributed by atoms with van der Waals surface area (Å²) >= 11 is 9.92. The van der Waals surface area contributed by atoms with Gasteiger partial charge in [-0.15, -0.1) is 12.4 Å².